The van der Waals surface area contributed by atoms with E-state index in [0.717, 1.165) is 55.6 Å². The van der Waals surface area contributed by atoms with Crippen molar-refractivity contribution in [2.75, 3.05) is 38.2 Å². The molecule has 2 fully saturated rings. The molecule has 0 saturated carbocycles. The average Bonchev–Trinajstić information content (AvgIpc) is 2.97. The van der Waals surface area contributed by atoms with E-state index < -0.39 is 0 Å². The molecular weight excluding hydrogens is 300 g/mol. The first-order chi connectivity index (χ1) is 11.7. The fourth-order valence-electron chi connectivity index (χ4n) is 4.12. The van der Waals surface area contributed by atoms with Gasteiger partial charge in [-0.15, -0.1) is 0 Å². The van der Waals surface area contributed by atoms with Gasteiger partial charge in [-0.05, 0) is 37.3 Å². The average molecular weight is 324 g/mol. The number of fused-ring (bicyclic) bond motifs is 1. The van der Waals surface area contributed by atoms with Crippen LogP contribution < -0.4 is 5.32 Å². The van der Waals surface area contributed by atoms with Crippen molar-refractivity contribution in [2.24, 2.45) is 5.41 Å². The van der Waals surface area contributed by atoms with Crippen LogP contribution in [-0.4, -0.2) is 43.7 Å². The molecule has 4 heteroatoms. The fourth-order valence-corrected chi connectivity index (χ4v) is 4.12. The lowest BCUT2D eigenvalue weighted by Gasteiger charge is -2.33. The van der Waals surface area contributed by atoms with E-state index in [2.05, 4.69) is 28.4 Å². The zero-order chi connectivity index (χ0) is 16.4. The first-order valence-corrected chi connectivity index (χ1v) is 8.82. The van der Waals surface area contributed by atoms with Crippen LogP contribution in [0.5, 0.6) is 0 Å². The highest BCUT2D eigenvalue weighted by molar-refractivity contribution is 6.02. The summed E-state index contributed by atoms with van der Waals surface area (Å²) in [6.45, 7) is 4.19. The number of anilines is 1. The summed E-state index contributed by atoms with van der Waals surface area (Å²) in [6.07, 6.45) is 3.53. The number of likely N-dealkylation sites (tertiary alicyclic amines) is 1. The van der Waals surface area contributed by atoms with Gasteiger partial charge in [-0.3, -0.25) is 9.69 Å². The highest BCUT2D eigenvalue weighted by atomic mass is 16.5. The summed E-state index contributed by atoms with van der Waals surface area (Å²) in [4.78, 5) is 14.8. The molecule has 1 N–H and O–H groups in total. The van der Waals surface area contributed by atoms with Crippen LogP contribution in [-0.2, 0) is 9.53 Å². The van der Waals surface area contributed by atoms with Gasteiger partial charge in [0, 0.05) is 29.6 Å². The Balaban J connectivity index is 1.40. The molecule has 2 aromatic rings. The van der Waals surface area contributed by atoms with Crippen molar-refractivity contribution in [2.45, 2.75) is 19.3 Å². The predicted molar refractivity (Wildman–Crippen MR) is 96.1 cm³/mol. The van der Waals surface area contributed by atoms with E-state index in [9.17, 15) is 4.79 Å². The van der Waals surface area contributed by atoms with Crippen LogP contribution in [0.4, 0.5) is 5.69 Å². The SMILES string of the molecule is O=C(CN1CCC2(CCCOC2)C1)Nc1cccc2ccccc12. The van der Waals surface area contributed by atoms with Crippen molar-refractivity contribution in [1.82, 2.24) is 4.90 Å². The topological polar surface area (TPSA) is 41.6 Å². The molecule has 2 aliphatic heterocycles. The first-order valence-electron chi connectivity index (χ1n) is 8.82. The van der Waals surface area contributed by atoms with Crippen LogP contribution in [0.1, 0.15) is 19.3 Å². The lowest BCUT2D eigenvalue weighted by atomic mass is 9.82. The van der Waals surface area contributed by atoms with Crippen molar-refractivity contribution in [3.05, 3.63) is 42.5 Å². The van der Waals surface area contributed by atoms with E-state index in [4.69, 9.17) is 4.74 Å². The number of carbonyl (C=O) groups excluding carboxylic acids is 1. The molecule has 2 aromatic carbocycles. The van der Waals surface area contributed by atoms with Crippen molar-refractivity contribution < 1.29 is 9.53 Å². The van der Waals surface area contributed by atoms with Crippen LogP contribution in [0.15, 0.2) is 42.5 Å². The molecule has 1 unspecified atom stereocenters. The number of nitrogens with one attached hydrogen (secondary N) is 1. The normalized spacial score (nSPS) is 24.5. The van der Waals surface area contributed by atoms with Gasteiger partial charge in [0.1, 0.15) is 0 Å². The molecular formula is C20H24N2O2. The van der Waals surface area contributed by atoms with Crippen molar-refractivity contribution in [3.8, 4) is 0 Å². The minimum atomic E-state index is 0.0696. The lowest BCUT2D eigenvalue weighted by Crippen LogP contribution is -2.37. The zero-order valence-electron chi connectivity index (χ0n) is 14.0. The van der Waals surface area contributed by atoms with E-state index in [0.29, 0.717) is 6.54 Å². The summed E-state index contributed by atoms with van der Waals surface area (Å²) in [5.41, 5.74) is 1.19. The van der Waals surface area contributed by atoms with Gasteiger partial charge in [-0.25, -0.2) is 0 Å². The molecule has 4 nitrogen and oxygen atoms in total. The molecule has 2 saturated heterocycles. The van der Waals surface area contributed by atoms with Gasteiger partial charge in [0.15, 0.2) is 0 Å². The number of rotatable bonds is 3. The Hall–Kier alpha value is -1.91. The van der Waals surface area contributed by atoms with Gasteiger partial charge in [-0.2, -0.15) is 0 Å². The fraction of sp³-hybridized carbons (Fsp3) is 0.450. The molecule has 2 heterocycles. The third-order valence-electron chi connectivity index (χ3n) is 5.35. The third kappa shape index (κ3) is 3.17. The maximum atomic E-state index is 12.5. The second-order valence-corrected chi connectivity index (χ2v) is 7.19. The first kappa shape index (κ1) is 15.6. The molecule has 1 spiro atoms. The van der Waals surface area contributed by atoms with Crippen LogP contribution in [0.3, 0.4) is 0 Å². The second-order valence-electron chi connectivity index (χ2n) is 7.19. The largest absolute Gasteiger partial charge is 0.381 e. The molecule has 1 atom stereocenters. The van der Waals surface area contributed by atoms with Crippen molar-refractivity contribution >= 4 is 22.4 Å². The van der Waals surface area contributed by atoms with E-state index in [1.54, 1.807) is 0 Å². The third-order valence-corrected chi connectivity index (χ3v) is 5.35. The monoisotopic (exact) mass is 324 g/mol. The molecule has 0 radical (unpaired) electrons. The number of hydrogen-bond donors (Lipinski definition) is 1. The number of nitrogens with zero attached hydrogens (tertiary/aromatic N) is 1. The highest BCUT2D eigenvalue weighted by Gasteiger charge is 2.39. The maximum absolute atomic E-state index is 12.5. The Morgan fingerprint density at radius 1 is 1.17 bits per heavy atom. The van der Waals surface area contributed by atoms with Gasteiger partial charge in [0.25, 0.3) is 0 Å². The van der Waals surface area contributed by atoms with E-state index in [1.807, 2.05) is 24.3 Å². The number of carbonyl (C=O) groups is 1. The summed E-state index contributed by atoms with van der Waals surface area (Å²) >= 11 is 0. The molecule has 1 amide bonds. The maximum Gasteiger partial charge on any atom is 0.238 e. The summed E-state index contributed by atoms with van der Waals surface area (Å²) < 4.78 is 5.68. The molecule has 126 valence electrons. The van der Waals surface area contributed by atoms with E-state index >= 15 is 0 Å². The minimum absolute atomic E-state index is 0.0696. The molecule has 2 aliphatic rings. The number of amides is 1. The summed E-state index contributed by atoms with van der Waals surface area (Å²) in [5, 5.41) is 5.33. The summed E-state index contributed by atoms with van der Waals surface area (Å²) in [6, 6.07) is 14.2. The molecule has 24 heavy (non-hydrogen) atoms. The van der Waals surface area contributed by atoms with Gasteiger partial charge < -0.3 is 10.1 Å². The standard InChI is InChI=1S/C20H24N2O2/c23-19(13-22-11-10-20(14-22)9-4-12-24-15-20)21-18-8-3-6-16-5-1-2-7-17(16)18/h1-3,5-8H,4,9-15H2,(H,21,23). The van der Waals surface area contributed by atoms with E-state index in [-0.39, 0.29) is 11.3 Å². The molecule has 4 rings (SSSR count). The van der Waals surface area contributed by atoms with E-state index in [1.165, 1.54) is 6.42 Å². The molecule has 0 aromatic heterocycles. The summed E-state index contributed by atoms with van der Waals surface area (Å²) in [5.74, 6) is 0.0696. The van der Waals surface area contributed by atoms with Crippen molar-refractivity contribution in [3.63, 3.8) is 0 Å². The van der Waals surface area contributed by atoms with Gasteiger partial charge in [0.2, 0.25) is 5.91 Å². The number of ether oxygens (including phenoxy) is 1. The van der Waals surface area contributed by atoms with Crippen LogP contribution in [0.2, 0.25) is 0 Å². The Labute approximate surface area is 142 Å². The number of benzene rings is 2. The Morgan fingerprint density at radius 2 is 2.04 bits per heavy atom. The Bertz CT molecular complexity index is 732. The Kier molecular flexibility index (Phi) is 4.25. The van der Waals surface area contributed by atoms with Gasteiger partial charge in [0.05, 0.1) is 13.2 Å². The zero-order valence-corrected chi connectivity index (χ0v) is 14.0. The molecule has 0 bridgehead atoms. The highest BCUT2D eigenvalue weighted by Crippen LogP contribution is 2.37. The van der Waals surface area contributed by atoms with Crippen LogP contribution >= 0.6 is 0 Å². The smallest absolute Gasteiger partial charge is 0.238 e. The lowest BCUT2D eigenvalue weighted by molar-refractivity contribution is -0.117. The molecule has 0 aliphatic carbocycles. The van der Waals surface area contributed by atoms with Gasteiger partial charge >= 0.3 is 0 Å². The quantitative estimate of drug-likeness (QED) is 0.942. The second kappa shape index (κ2) is 6.54. The predicted octanol–water partition coefficient (Wildman–Crippen LogP) is 3.28. The van der Waals surface area contributed by atoms with Crippen molar-refractivity contribution in [1.29, 1.82) is 0 Å². The minimum Gasteiger partial charge on any atom is -0.381 e. The Morgan fingerprint density at radius 3 is 2.92 bits per heavy atom. The summed E-state index contributed by atoms with van der Waals surface area (Å²) in [7, 11) is 0. The van der Waals surface area contributed by atoms with Gasteiger partial charge in [-0.1, -0.05) is 36.4 Å². The van der Waals surface area contributed by atoms with Crippen LogP contribution in [0, 0.1) is 5.41 Å². The number of hydrogen-bond acceptors (Lipinski definition) is 3. The van der Waals surface area contributed by atoms with Crippen LogP contribution in [0.25, 0.3) is 10.8 Å².